The number of nitrogens with zero attached hydrogens (tertiary/aromatic N) is 1. The van der Waals surface area contributed by atoms with Crippen LogP contribution in [0.25, 0.3) is 0 Å². The van der Waals surface area contributed by atoms with Crippen LogP contribution in [0.3, 0.4) is 0 Å². The van der Waals surface area contributed by atoms with E-state index in [1.54, 1.807) is 11.8 Å². The number of carbonyl (C=O) groups excluding carboxylic acids is 2. The molecule has 2 saturated heterocycles. The number of thioether (sulfide) groups is 1. The summed E-state index contributed by atoms with van der Waals surface area (Å²) in [7, 11) is 0. The smallest absolute Gasteiger partial charge is 0.236 e. The van der Waals surface area contributed by atoms with E-state index in [9.17, 15) is 9.59 Å². The molecule has 0 saturated carbocycles. The average Bonchev–Trinajstić information content (AvgIpc) is 2.48. The molecular weight excluding hydrogens is 174 g/mol. The molecule has 2 heterocycles. The van der Waals surface area contributed by atoms with Crippen molar-refractivity contribution in [3.8, 4) is 0 Å². The van der Waals surface area contributed by atoms with Crippen molar-refractivity contribution in [1.82, 2.24) is 4.90 Å². The van der Waals surface area contributed by atoms with Gasteiger partial charge in [0.2, 0.25) is 11.0 Å². The molecule has 0 spiro atoms. The lowest BCUT2D eigenvalue weighted by Gasteiger charge is -2.31. The summed E-state index contributed by atoms with van der Waals surface area (Å²) in [4.78, 5) is 24.6. The zero-order valence-corrected chi connectivity index (χ0v) is 7.76. The van der Waals surface area contributed by atoms with Gasteiger partial charge in [-0.05, 0) is 19.8 Å². The van der Waals surface area contributed by atoms with E-state index in [-0.39, 0.29) is 22.3 Å². The van der Waals surface area contributed by atoms with Gasteiger partial charge in [-0.25, -0.2) is 0 Å². The number of hydrogen-bond donors (Lipinski definition) is 0. The van der Waals surface area contributed by atoms with Crippen LogP contribution < -0.4 is 0 Å². The molecule has 2 fully saturated rings. The van der Waals surface area contributed by atoms with E-state index in [4.69, 9.17) is 0 Å². The number of rotatable bonds is 0. The number of carbonyl (C=O) groups is 2. The zero-order chi connectivity index (χ0) is 8.72. The van der Waals surface area contributed by atoms with Gasteiger partial charge in [-0.15, -0.1) is 0 Å². The predicted octanol–water partition coefficient (Wildman–Crippen LogP) is 0.639. The molecule has 0 aliphatic carbocycles. The van der Waals surface area contributed by atoms with Gasteiger partial charge in [0, 0.05) is 6.54 Å². The van der Waals surface area contributed by atoms with E-state index in [0.717, 1.165) is 19.4 Å². The van der Waals surface area contributed by atoms with Crippen LogP contribution in [0.5, 0.6) is 0 Å². The van der Waals surface area contributed by atoms with Crippen LogP contribution in [0.15, 0.2) is 0 Å². The molecule has 0 unspecified atom stereocenters. The maximum atomic E-state index is 11.5. The molecule has 2 aliphatic heterocycles. The van der Waals surface area contributed by atoms with E-state index < -0.39 is 0 Å². The lowest BCUT2D eigenvalue weighted by atomic mass is 10.2. The second kappa shape index (κ2) is 2.76. The first kappa shape index (κ1) is 8.10. The van der Waals surface area contributed by atoms with Gasteiger partial charge >= 0.3 is 0 Å². The summed E-state index contributed by atoms with van der Waals surface area (Å²) in [6, 6.07) is -0.0984. The molecule has 2 aliphatic rings. The fourth-order valence-electron chi connectivity index (χ4n) is 1.81. The van der Waals surface area contributed by atoms with Gasteiger partial charge < -0.3 is 4.90 Å². The third kappa shape index (κ3) is 1.05. The quantitative estimate of drug-likeness (QED) is 0.555. The van der Waals surface area contributed by atoms with Gasteiger partial charge in [0.05, 0.1) is 5.25 Å². The second-order valence-corrected chi connectivity index (χ2v) is 4.61. The molecule has 66 valence electrons. The van der Waals surface area contributed by atoms with E-state index in [1.807, 2.05) is 0 Å². The van der Waals surface area contributed by atoms with Crippen molar-refractivity contribution in [2.24, 2.45) is 0 Å². The first-order valence-corrected chi connectivity index (χ1v) is 5.09. The van der Waals surface area contributed by atoms with E-state index in [2.05, 4.69) is 0 Å². The number of hydrogen-bond acceptors (Lipinski definition) is 3. The molecule has 4 heteroatoms. The van der Waals surface area contributed by atoms with Crippen LogP contribution in [-0.4, -0.2) is 33.8 Å². The first-order chi connectivity index (χ1) is 5.70. The van der Waals surface area contributed by atoms with E-state index >= 15 is 0 Å². The lowest BCUT2D eigenvalue weighted by molar-refractivity contribution is -0.135. The fraction of sp³-hybridized carbons (Fsp3) is 0.750. The van der Waals surface area contributed by atoms with Crippen LogP contribution in [-0.2, 0) is 9.59 Å². The average molecular weight is 185 g/mol. The Kier molecular flexibility index (Phi) is 1.87. The highest BCUT2D eigenvalue weighted by molar-refractivity contribution is 8.15. The summed E-state index contributed by atoms with van der Waals surface area (Å²) in [5, 5.41) is 0.0199. The van der Waals surface area contributed by atoms with Crippen LogP contribution in [0.2, 0.25) is 0 Å². The Morgan fingerprint density at radius 3 is 3.00 bits per heavy atom. The third-order valence-corrected chi connectivity index (χ3v) is 3.51. The molecule has 0 bridgehead atoms. The third-order valence-electron chi connectivity index (χ3n) is 2.45. The minimum atomic E-state index is -0.160. The summed E-state index contributed by atoms with van der Waals surface area (Å²) >= 11 is 1.20. The minimum absolute atomic E-state index is 0.0984. The van der Waals surface area contributed by atoms with Gasteiger partial charge in [-0.3, -0.25) is 9.59 Å². The largest absolute Gasteiger partial charge is 0.331 e. The van der Waals surface area contributed by atoms with Crippen LogP contribution in [0.1, 0.15) is 19.8 Å². The summed E-state index contributed by atoms with van der Waals surface area (Å²) < 4.78 is 0. The minimum Gasteiger partial charge on any atom is -0.331 e. The Bertz CT molecular complexity index is 241. The normalized spacial score (nSPS) is 35.6. The molecule has 2 rings (SSSR count). The van der Waals surface area contributed by atoms with Gasteiger partial charge in [0.1, 0.15) is 6.04 Å². The topological polar surface area (TPSA) is 37.4 Å². The van der Waals surface area contributed by atoms with Crippen molar-refractivity contribution >= 4 is 22.8 Å². The zero-order valence-electron chi connectivity index (χ0n) is 6.95. The summed E-state index contributed by atoms with van der Waals surface area (Å²) in [5.74, 6) is 0.141. The standard InChI is InChI=1S/C8H11NO2S/c1-5-7(10)9-4-2-3-6(9)8(11)12-5/h5-6H,2-4H2,1H3/t5-,6-/m0/s1. The molecular formula is C8H11NO2S. The summed E-state index contributed by atoms with van der Waals surface area (Å²) in [6.45, 7) is 2.58. The Hall–Kier alpha value is -0.510. The molecule has 12 heavy (non-hydrogen) atoms. The summed E-state index contributed by atoms with van der Waals surface area (Å²) in [6.07, 6.45) is 1.85. The van der Waals surface area contributed by atoms with Crippen molar-refractivity contribution in [1.29, 1.82) is 0 Å². The highest BCUT2D eigenvalue weighted by atomic mass is 32.2. The van der Waals surface area contributed by atoms with E-state index in [0.29, 0.717) is 0 Å². The Balaban J connectivity index is 2.23. The fourth-order valence-corrected chi connectivity index (χ4v) is 2.80. The maximum Gasteiger partial charge on any atom is 0.236 e. The predicted molar refractivity (Wildman–Crippen MR) is 46.8 cm³/mol. The van der Waals surface area contributed by atoms with Gasteiger partial charge in [-0.2, -0.15) is 0 Å². The van der Waals surface area contributed by atoms with Crippen molar-refractivity contribution in [2.75, 3.05) is 6.54 Å². The lowest BCUT2D eigenvalue weighted by Crippen LogP contribution is -2.48. The van der Waals surface area contributed by atoms with Crippen LogP contribution in [0, 0.1) is 0 Å². The van der Waals surface area contributed by atoms with Crippen LogP contribution >= 0.6 is 11.8 Å². The Morgan fingerprint density at radius 2 is 2.25 bits per heavy atom. The molecule has 0 N–H and O–H groups in total. The molecule has 0 radical (unpaired) electrons. The monoisotopic (exact) mass is 185 g/mol. The van der Waals surface area contributed by atoms with Crippen molar-refractivity contribution in [3.63, 3.8) is 0 Å². The molecule has 0 aromatic carbocycles. The SMILES string of the molecule is C[C@@H]1SC(=O)[C@@H]2CCCN2C1=O. The van der Waals surface area contributed by atoms with Crippen molar-refractivity contribution < 1.29 is 9.59 Å². The molecule has 0 aromatic heterocycles. The molecule has 2 atom stereocenters. The van der Waals surface area contributed by atoms with Gasteiger partial charge in [0.15, 0.2) is 0 Å². The molecule has 0 aromatic rings. The van der Waals surface area contributed by atoms with Crippen molar-refractivity contribution in [2.45, 2.75) is 31.1 Å². The van der Waals surface area contributed by atoms with Crippen molar-refractivity contribution in [3.05, 3.63) is 0 Å². The Morgan fingerprint density at radius 1 is 1.50 bits per heavy atom. The molecule has 3 nitrogen and oxygen atoms in total. The highest BCUT2D eigenvalue weighted by Gasteiger charge is 2.41. The van der Waals surface area contributed by atoms with E-state index in [1.165, 1.54) is 11.8 Å². The highest BCUT2D eigenvalue weighted by Crippen LogP contribution is 2.31. The number of amides is 1. The first-order valence-electron chi connectivity index (χ1n) is 4.21. The second-order valence-electron chi connectivity index (χ2n) is 3.27. The van der Waals surface area contributed by atoms with Gasteiger partial charge in [-0.1, -0.05) is 11.8 Å². The Labute approximate surface area is 75.5 Å². The van der Waals surface area contributed by atoms with Crippen LogP contribution in [0.4, 0.5) is 0 Å². The molecule has 1 amide bonds. The van der Waals surface area contributed by atoms with Gasteiger partial charge in [0.25, 0.3) is 0 Å². The number of fused-ring (bicyclic) bond motifs is 1. The summed E-state index contributed by atoms with van der Waals surface area (Å²) in [5.41, 5.74) is 0. The maximum absolute atomic E-state index is 11.5.